The molecule has 2 unspecified atom stereocenters. The van der Waals surface area contributed by atoms with Gasteiger partial charge in [0.15, 0.2) is 0 Å². The number of likely N-dealkylation sites (tertiary alicyclic amines) is 1. The normalized spacial score (nSPS) is 23.3. The lowest BCUT2D eigenvalue weighted by molar-refractivity contribution is -0.136. The summed E-state index contributed by atoms with van der Waals surface area (Å²) in [4.78, 5) is 23.8. The Kier molecular flexibility index (Phi) is 3.07. The van der Waals surface area contributed by atoms with E-state index in [1.165, 1.54) is 4.90 Å². The molecule has 1 fully saturated rings. The SMILES string of the molecule is CCC(C(N)=O)N1CC(C#N)CC1=O. The molecule has 1 saturated heterocycles. The molecule has 0 aromatic carbocycles. The zero-order valence-corrected chi connectivity index (χ0v) is 8.06. The number of nitrogens with zero attached hydrogens (tertiary/aromatic N) is 2. The van der Waals surface area contributed by atoms with Crippen molar-refractivity contribution in [3.63, 3.8) is 0 Å². The van der Waals surface area contributed by atoms with Gasteiger partial charge in [-0.15, -0.1) is 0 Å². The Balaban J connectivity index is 2.74. The Bertz CT molecular complexity index is 295. The summed E-state index contributed by atoms with van der Waals surface area (Å²) in [5.74, 6) is -0.947. The average molecular weight is 195 g/mol. The molecule has 0 aromatic rings. The van der Waals surface area contributed by atoms with Crippen molar-refractivity contribution >= 4 is 11.8 Å². The van der Waals surface area contributed by atoms with Crippen LogP contribution in [0.3, 0.4) is 0 Å². The van der Waals surface area contributed by atoms with Crippen LogP contribution in [0.2, 0.25) is 0 Å². The van der Waals surface area contributed by atoms with Crippen molar-refractivity contribution in [3.05, 3.63) is 0 Å². The van der Waals surface area contributed by atoms with Crippen molar-refractivity contribution in [3.8, 4) is 6.07 Å². The van der Waals surface area contributed by atoms with E-state index in [4.69, 9.17) is 11.0 Å². The molecule has 1 aliphatic rings. The van der Waals surface area contributed by atoms with E-state index in [-0.39, 0.29) is 18.2 Å². The number of carbonyl (C=O) groups is 2. The van der Waals surface area contributed by atoms with Crippen molar-refractivity contribution in [2.75, 3.05) is 6.54 Å². The Morgan fingerprint density at radius 1 is 1.86 bits per heavy atom. The molecule has 0 aliphatic carbocycles. The molecule has 0 spiro atoms. The van der Waals surface area contributed by atoms with E-state index in [9.17, 15) is 9.59 Å². The molecule has 0 saturated carbocycles. The molecular formula is C9H13N3O2. The van der Waals surface area contributed by atoms with Gasteiger partial charge in [-0.2, -0.15) is 5.26 Å². The smallest absolute Gasteiger partial charge is 0.240 e. The van der Waals surface area contributed by atoms with Crippen LogP contribution in [0.4, 0.5) is 0 Å². The minimum Gasteiger partial charge on any atom is -0.368 e. The van der Waals surface area contributed by atoms with Crippen LogP contribution in [0.15, 0.2) is 0 Å². The van der Waals surface area contributed by atoms with Crippen molar-refractivity contribution < 1.29 is 9.59 Å². The first-order valence-corrected chi connectivity index (χ1v) is 4.58. The van der Waals surface area contributed by atoms with Gasteiger partial charge < -0.3 is 10.6 Å². The fourth-order valence-corrected chi connectivity index (χ4v) is 1.69. The van der Waals surface area contributed by atoms with E-state index in [2.05, 4.69) is 0 Å². The maximum absolute atomic E-state index is 11.4. The number of nitrogens with two attached hydrogens (primary N) is 1. The molecule has 5 nitrogen and oxygen atoms in total. The van der Waals surface area contributed by atoms with E-state index >= 15 is 0 Å². The molecule has 0 bridgehead atoms. The lowest BCUT2D eigenvalue weighted by Crippen LogP contribution is -2.45. The zero-order chi connectivity index (χ0) is 10.7. The van der Waals surface area contributed by atoms with E-state index < -0.39 is 11.9 Å². The van der Waals surface area contributed by atoms with E-state index in [0.717, 1.165) is 0 Å². The number of hydrogen-bond acceptors (Lipinski definition) is 3. The lowest BCUT2D eigenvalue weighted by Gasteiger charge is -2.23. The maximum atomic E-state index is 11.4. The molecule has 2 N–H and O–H groups in total. The van der Waals surface area contributed by atoms with Gasteiger partial charge in [-0.3, -0.25) is 9.59 Å². The predicted octanol–water partition coefficient (Wildman–Crippen LogP) is -0.378. The molecule has 5 heteroatoms. The summed E-state index contributed by atoms with van der Waals surface area (Å²) in [5, 5.41) is 8.65. The van der Waals surface area contributed by atoms with Crippen LogP contribution in [0.5, 0.6) is 0 Å². The van der Waals surface area contributed by atoms with Gasteiger partial charge in [0.25, 0.3) is 0 Å². The third-order valence-corrected chi connectivity index (χ3v) is 2.43. The Labute approximate surface area is 82.5 Å². The van der Waals surface area contributed by atoms with Gasteiger partial charge in [-0.05, 0) is 6.42 Å². The molecule has 0 aromatic heterocycles. The van der Waals surface area contributed by atoms with Gasteiger partial charge in [0.05, 0.1) is 12.0 Å². The summed E-state index contributed by atoms with van der Waals surface area (Å²) in [6.45, 7) is 2.12. The molecule has 1 rings (SSSR count). The maximum Gasteiger partial charge on any atom is 0.240 e. The highest BCUT2D eigenvalue weighted by atomic mass is 16.2. The van der Waals surface area contributed by atoms with Crippen molar-refractivity contribution in [1.82, 2.24) is 4.90 Å². The van der Waals surface area contributed by atoms with Crippen LogP contribution in [-0.2, 0) is 9.59 Å². The van der Waals surface area contributed by atoms with Crippen LogP contribution in [-0.4, -0.2) is 29.3 Å². The third-order valence-electron chi connectivity index (χ3n) is 2.43. The highest BCUT2D eigenvalue weighted by molar-refractivity contribution is 5.88. The lowest BCUT2D eigenvalue weighted by atomic mass is 10.1. The second-order valence-electron chi connectivity index (χ2n) is 3.40. The van der Waals surface area contributed by atoms with Crippen LogP contribution in [0, 0.1) is 17.2 Å². The minimum atomic E-state index is -0.555. The van der Waals surface area contributed by atoms with E-state index in [1.807, 2.05) is 6.07 Å². The minimum absolute atomic E-state index is 0.151. The number of hydrogen-bond donors (Lipinski definition) is 1. The number of carbonyl (C=O) groups excluding carboxylic acids is 2. The number of primary amides is 1. The molecule has 2 amide bonds. The molecule has 76 valence electrons. The second-order valence-corrected chi connectivity index (χ2v) is 3.40. The Morgan fingerprint density at radius 3 is 2.86 bits per heavy atom. The summed E-state index contributed by atoms with van der Waals surface area (Å²) in [7, 11) is 0. The monoisotopic (exact) mass is 195 g/mol. The largest absolute Gasteiger partial charge is 0.368 e. The Hall–Kier alpha value is -1.57. The summed E-state index contributed by atoms with van der Waals surface area (Å²) in [6, 6.07) is 1.47. The number of nitriles is 1. The van der Waals surface area contributed by atoms with Gasteiger partial charge in [0.1, 0.15) is 6.04 Å². The van der Waals surface area contributed by atoms with Crippen LogP contribution in [0.1, 0.15) is 19.8 Å². The molecule has 1 heterocycles. The quantitative estimate of drug-likeness (QED) is 0.666. The first-order valence-electron chi connectivity index (χ1n) is 4.58. The topological polar surface area (TPSA) is 87.2 Å². The van der Waals surface area contributed by atoms with E-state index in [1.54, 1.807) is 6.92 Å². The van der Waals surface area contributed by atoms with Crippen LogP contribution in [0.25, 0.3) is 0 Å². The number of amides is 2. The third kappa shape index (κ3) is 1.84. The molecule has 1 aliphatic heterocycles. The van der Waals surface area contributed by atoms with Crippen LogP contribution < -0.4 is 5.73 Å². The van der Waals surface area contributed by atoms with E-state index in [0.29, 0.717) is 13.0 Å². The average Bonchev–Trinajstić information content (AvgIpc) is 2.48. The van der Waals surface area contributed by atoms with Gasteiger partial charge >= 0.3 is 0 Å². The van der Waals surface area contributed by atoms with Gasteiger partial charge in [0, 0.05) is 13.0 Å². The summed E-state index contributed by atoms with van der Waals surface area (Å²) < 4.78 is 0. The molecular weight excluding hydrogens is 182 g/mol. The highest BCUT2D eigenvalue weighted by Gasteiger charge is 2.35. The summed E-state index contributed by atoms with van der Waals surface area (Å²) >= 11 is 0. The van der Waals surface area contributed by atoms with Gasteiger partial charge in [0.2, 0.25) is 11.8 Å². The van der Waals surface area contributed by atoms with Gasteiger partial charge in [-0.25, -0.2) is 0 Å². The Morgan fingerprint density at radius 2 is 2.50 bits per heavy atom. The molecule has 0 radical (unpaired) electrons. The highest BCUT2D eigenvalue weighted by Crippen LogP contribution is 2.20. The fourth-order valence-electron chi connectivity index (χ4n) is 1.69. The zero-order valence-electron chi connectivity index (χ0n) is 8.06. The molecule has 14 heavy (non-hydrogen) atoms. The standard InChI is InChI=1S/C9H13N3O2/c1-2-7(9(11)14)12-5-6(4-10)3-8(12)13/h6-7H,2-3,5H2,1H3,(H2,11,14). The molecule has 2 atom stereocenters. The number of rotatable bonds is 3. The van der Waals surface area contributed by atoms with Crippen molar-refractivity contribution in [2.24, 2.45) is 11.7 Å². The fraction of sp³-hybridized carbons (Fsp3) is 0.667. The van der Waals surface area contributed by atoms with Crippen molar-refractivity contribution in [1.29, 1.82) is 5.26 Å². The summed E-state index contributed by atoms with van der Waals surface area (Å²) in [6.07, 6.45) is 0.708. The first kappa shape index (κ1) is 10.5. The first-order chi connectivity index (χ1) is 6.60. The van der Waals surface area contributed by atoms with Crippen LogP contribution >= 0.6 is 0 Å². The van der Waals surface area contributed by atoms with Crippen molar-refractivity contribution in [2.45, 2.75) is 25.8 Å². The van der Waals surface area contributed by atoms with Gasteiger partial charge in [-0.1, -0.05) is 6.92 Å². The second kappa shape index (κ2) is 4.09. The predicted molar refractivity (Wildman–Crippen MR) is 48.7 cm³/mol. The summed E-state index contributed by atoms with van der Waals surface area (Å²) in [5.41, 5.74) is 5.16.